The molecular weight excluding hydrogens is 187 g/mol. The molecule has 0 aromatic carbocycles. The molecule has 0 aliphatic rings. The van der Waals surface area contributed by atoms with Crippen molar-refractivity contribution in [3.8, 4) is 0 Å². The summed E-state index contributed by atoms with van der Waals surface area (Å²) in [6.45, 7) is 1.81. The first-order valence-corrected chi connectivity index (χ1v) is 4.06. The number of halogens is 1. The third-order valence-corrected chi connectivity index (χ3v) is 1.62. The predicted octanol–water partition coefficient (Wildman–Crippen LogP) is -2.07. The maximum atomic E-state index is 9.85. The maximum absolute atomic E-state index is 9.85. The zero-order valence-corrected chi connectivity index (χ0v) is 9.57. The molecule has 0 saturated heterocycles. The van der Waals surface area contributed by atoms with Gasteiger partial charge < -0.3 is 5.98 Å². The van der Waals surface area contributed by atoms with E-state index in [1.54, 1.807) is 6.92 Å². The summed E-state index contributed by atoms with van der Waals surface area (Å²) >= 11 is 2.88. The largest absolute Gasteiger partial charge is 1.00 e. The van der Waals surface area contributed by atoms with Crippen molar-refractivity contribution >= 4 is 23.0 Å². The third-order valence-electron chi connectivity index (χ3n) is 0.842. The van der Waals surface area contributed by atoms with Crippen LogP contribution in [-0.4, -0.2) is 20.7 Å². The summed E-state index contributed by atoms with van der Waals surface area (Å²) < 4.78 is 24.0. The molecule has 6 heteroatoms. The second kappa shape index (κ2) is 8.46. The summed E-state index contributed by atoms with van der Waals surface area (Å²) in [5.41, 5.74) is 0. The molecule has 2 atom stereocenters. The molecule has 0 aromatic heterocycles. The molecule has 3 nitrogen and oxygen atoms in total. The first kappa shape index (κ1) is 13.9. The fraction of sp³-hybridized carbons (Fsp3) is 1.00. The molecule has 0 fully saturated rings. The molecule has 0 aliphatic carbocycles. The van der Waals surface area contributed by atoms with Gasteiger partial charge in [-0.05, 0) is 6.42 Å². The van der Waals surface area contributed by atoms with Crippen LogP contribution in [0.15, 0.2) is 0 Å². The minimum atomic E-state index is -2.43. The molecule has 0 rings (SSSR count). The summed E-state index contributed by atoms with van der Waals surface area (Å²) in [6.07, 6.45) is 0.238. The summed E-state index contributed by atoms with van der Waals surface area (Å²) in [5.74, 6) is 0.213. The van der Waals surface area contributed by atoms with Gasteiger partial charge in [-0.1, -0.05) is 6.92 Å². The van der Waals surface area contributed by atoms with Crippen LogP contribution in [0.25, 0.3) is 0 Å². The van der Waals surface area contributed by atoms with Gasteiger partial charge in [0.25, 0.3) is 0 Å². The molecule has 0 bridgehead atoms. The SMILES string of the molecule is CCC(CCl)OS(=O)[O-].[H-].[Na+]. The molecule has 0 saturated carbocycles. The number of rotatable bonds is 4. The van der Waals surface area contributed by atoms with Gasteiger partial charge in [-0.3, -0.25) is 4.18 Å². The van der Waals surface area contributed by atoms with Crippen LogP contribution in [0, 0.1) is 0 Å². The normalized spacial score (nSPS) is 15.5. The van der Waals surface area contributed by atoms with Crippen molar-refractivity contribution in [1.29, 1.82) is 0 Å². The molecule has 58 valence electrons. The topological polar surface area (TPSA) is 49.4 Å². The molecule has 0 spiro atoms. The van der Waals surface area contributed by atoms with E-state index < -0.39 is 11.4 Å². The second-order valence-electron chi connectivity index (χ2n) is 1.48. The van der Waals surface area contributed by atoms with Crippen LogP contribution in [0.2, 0.25) is 0 Å². The van der Waals surface area contributed by atoms with Crippen molar-refractivity contribution in [3.63, 3.8) is 0 Å². The molecule has 0 N–H and O–H groups in total. The average molecular weight is 196 g/mol. The fourth-order valence-electron chi connectivity index (χ4n) is 0.314. The van der Waals surface area contributed by atoms with Crippen molar-refractivity contribution in [2.45, 2.75) is 19.4 Å². The van der Waals surface area contributed by atoms with Crippen molar-refractivity contribution < 1.29 is 43.9 Å². The van der Waals surface area contributed by atoms with Gasteiger partial charge in [0.2, 0.25) is 0 Å². The van der Waals surface area contributed by atoms with Crippen molar-refractivity contribution in [3.05, 3.63) is 0 Å². The Morgan fingerprint density at radius 2 is 2.40 bits per heavy atom. The zero-order valence-electron chi connectivity index (χ0n) is 7.00. The first-order chi connectivity index (χ1) is 4.20. The summed E-state index contributed by atoms with van der Waals surface area (Å²) in [6, 6.07) is 0. The summed E-state index contributed by atoms with van der Waals surface area (Å²) in [5, 5.41) is 0. The molecule has 0 aliphatic heterocycles. The van der Waals surface area contributed by atoms with Gasteiger partial charge in [0, 0.05) is 5.88 Å². The Bertz CT molecular complexity index is 103. The van der Waals surface area contributed by atoms with E-state index in [0.717, 1.165) is 0 Å². The van der Waals surface area contributed by atoms with E-state index in [9.17, 15) is 8.76 Å². The molecule has 0 amide bonds. The second-order valence-corrected chi connectivity index (χ2v) is 2.39. The van der Waals surface area contributed by atoms with E-state index in [4.69, 9.17) is 11.6 Å². The van der Waals surface area contributed by atoms with Gasteiger partial charge in [0.05, 0.1) is 17.5 Å². The Balaban J connectivity index is -0.000000320. The van der Waals surface area contributed by atoms with Crippen LogP contribution in [-0.2, 0) is 15.5 Å². The van der Waals surface area contributed by atoms with Gasteiger partial charge >= 0.3 is 29.6 Å². The Kier molecular flexibility index (Phi) is 11.8. The minimum absolute atomic E-state index is 0. The Morgan fingerprint density at radius 1 is 1.90 bits per heavy atom. The van der Waals surface area contributed by atoms with Crippen LogP contribution >= 0.6 is 11.6 Å². The molecule has 0 aromatic rings. The van der Waals surface area contributed by atoms with Gasteiger partial charge in [0.1, 0.15) is 0 Å². The quantitative estimate of drug-likeness (QED) is 0.294. The van der Waals surface area contributed by atoms with Crippen molar-refractivity contribution in [2.75, 3.05) is 5.88 Å². The van der Waals surface area contributed by atoms with E-state index >= 15 is 0 Å². The van der Waals surface area contributed by atoms with Crippen LogP contribution in [0.5, 0.6) is 0 Å². The Hall–Kier alpha value is 1.36. The number of hydrogen-bond donors (Lipinski definition) is 0. The summed E-state index contributed by atoms with van der Waals surface area (Å²) in [4.78, 5) is 0. The monoisotopic (exact) mass is 195 g/mol. The third kappa shape index (κ3) is 7.47. The van der Waals surface area contributed by atoms with E-state index in [2.05, 4.69) is 4.18 Å². The molecule has 0 heterocycles. The standard InChI is InChI=1S/C4H9ClO3S.Na.H/c1-2-4(3-5)8-9(6)7;;/h4H,2-3H2,1H3,(H,6,7);;/q;+1;-1/p-1. The first-order valence-electron chi connectivity index (χ1n) is 2.53. The van der Waals surface area contributed by atoms with Gasteiger partial charge in [-0.15, -0.1) is 11.6 Å². The van der Waals surface area contributed by atoms with E-state index in [0.29, 0.717) is 6.42 Å². The van der Waals surface area contributed by atoms with Gasteiger partial charge in [0.15, 0.2) is 0 Å². The smallest absolute Gasteiger partial charge is 1.00 e. The van der Waals surface area contributed by atoms with Gasteiger partial charge in [-0.25, -0.2) is 4.21 Å². The summed E-state index contributed by atoms with van der Waals surface area (Å²) in [7, 11) is 0. The fourth-order valence-corrected chi connectivity index (χ4v) is 1.10. The maximum Gasteiger partial charge on any atom is 1.00 e. The number of alkyl halides is 1. The van der Waals surface area contributed by atoms with Crippen LogP contribution in [0.4, 0.5) is 0 Å². The minimum Gasteiger partial charge on any atom is -1.00 e. The van der Waals surface area contributed by atoms with E-state index in [1.165, 1.54) is 0 Å². The molecule has 10 heavy (non-hydrogen) atoms. The number of hydrogen-bond acceptors (Lipinski definition) is 3. The van der Waals surface area contributed by atoms with E-state index in [-0.39, 0.29) is 43.0 Å². The van der Waals surface area contributed by atoms with Crippen molar-refractivity contribution in [2.24, 2.45) is 0 Å². The van der Waals surface area contributed by atoms with Crippen LogP contribution < -0.4 is 29.6 Å². The average Bonchev–Trinajstić information content (AvgIpc) is 1.82. The molecule has 0 radical (unpaired) electrons. The zero-order chi connectivity index (χ0) is 7.28. The molecule has 2 unspecified atom stereocenters. The van der Waals surface area contributed by atoms with Crippen LogP contribution in [0.1, 0.15) is 14.8 Å². The predicted molar refractivity (Wildman–Crippen MR) is 35.9 cm³/mol. The Morgan fingerprint density at radius 3 is 2.50 bits per heavy atom. The molecular formula is C4H9ClNaO3S-. The van der Waals surface area contributed by atoms with Gasteiger partial charge in [-0.2, -0.15) is 0 Å². The van der Waals surface area contributed by atoms with Crippen LogP contribution in [0.3, 0.4) is 0 Å². The van der Waals surface area contributed by atoms with E-state index in [1.807, 2.05) is 0 Å². The van der Waals surface area contributed by atoms with Crippen molar-refractivity contribution in [1.82, 2.24) is 0 Å². The Labute approximate surface area is 91.7 Å².